The van der Waals surface area contributed by atoms with E-state index in [0.717, 1.165) is 5.54 Å². The summed E-state index contributed by atoms with van der Waals surface area (Å²) in [6, 6.07) is -2.87. The standard InChI is InChI=1S/C69H125FN8O23/c1-40(82)71-54-46(31-43(34-79)57(90)60(54)93)99-66(10,11)25-22-63(4,5)74-50(86)19-28-96-37-69(77-49(85)17-16-18-53(89)78-70,38-97-29-20-51(87)75-64(6,7)23-26-67(12,13)100-47-32-44(35-80)58(91)61(94)55(47)72-41(2)83)39-98-30-21-52(88)76-65(8,9)24-27-68(14,15)101-48-33-45(36-81)59(92)62(95)56(48)73-42(3)84/h43-48,54-62,79-81,90-95H,16-39H2,1-15H3,(H,71,82)(H,72,83)(H,73,84)(H,74,86)(H,75,87)(H,76,88)(H,77,85)(H,78,89). The number of ether oxygens (including phenoxy) is 6. The van der Waals surface area contributed by atoms with Crippen molar-refractivity contribution in [3.63, 3.8) is 0 Å². The van der Waals surface area contributed by atoms with Crippen molar-refractivity contribution in [3.05, 3.63) is 0 Å². The number of carbonyl (C=O) groups is 8. The van der Waals surface area contributed by atoms with Crippen molar-refractivity contribution in [1.29, 1.82) is 0 Å². The van der Waals surface area contributed by atoms with Crippen LogP contribution in [-0.4, -0.2) is 265 Å². The van der Waals surface area contributed by atoms with Crippen LogP contribution < -0.4 is 42.8 Å². The van der Waals surface area contributed by atoms with Gasteiger partial charge in [-0.2, -0.15) is 5.54 Å². The lowest BCUT2D eigenvalue weighted by molar-refractivity contribution is -0.171. The average Bonchev–Trinajstić information content (AvgIpc) is 0.808. The monoisotopic (exact) mass is 1450 g/mol. The minimum atomic E-state index is -1.59. The van der Waals surface area contributed by atoms with Crippen LogP contribution in [0.3, 0.4) is 0 Å². The van der Waals surface area contributed by atoms with Crippen molar-refractivity contribution in [1.82, 2.24) is 42.8 Å². The molecule has 17 N–H and O–H groups in total. The minimum absolute atomic E-state index is 0.0706. The van der Waals surface area contributed by atoms with E-state index in [1.165, 1.54) is 20.8 Å². The smallest absolute Gasteiger partial charge is 0.247 e. The molecule has 0 heterocycles. The van der Waals surface area contributed by atoms with Crippen molar-refractivity contribution in [2.75, 3.05) is 59.5 Å². The Morgan fingerprint density at radius 1 is 0.376 bits per heavy atom. The summed E-state index contributed by atoms with van der Waals surface area (Å²) in [4.78, 5) is 103. The van der Waals surface area contributed by atoms with E-state index in [9.17, 15) is 88.8 Å². The Hall–Kier alpha value is -4.91. The lowest BCUT2D eigenvalue weighted by atomic mass is 9.79. The number of rotatable bonds is 44. The second-order valence-corrected chi connectivity index (χ2v) is 31.8. The molecule has 3 aliphatic rings. The number of hydrogen-bond donors (Lipinski definition) is 17. The van der Waals surface area contributed by atoms with Gasteiger partial charge in [0.25, 0.3) is 0 Å². The first-order valence-corrected chi connectivity index (χ1v) is 35.4. The molecule has 101 heavy (non-hydrogen) atoms. The largest absolute Gasteiger partial charge is 0.396 e. The second-order valence-electron chi connectivity index (χ2n) is 31.8. The summed E-state index contributed by atoms with van der Waals surface area (Å²) < 4.78 is 50.8. The molecule has 0 saturated heterocycles. The highest BCUT2D eigenvalue weighted by molar-refractivity contribution is 5.80. The molecule has 3 rings (SSSR count). The summed E-state index contributed by atoms with van der Waals surface area (Å²) in [7, 11) is 0. The van der Waals surface area contributed by atoms with E-state index >= 15 is 0 Å². The summed E-state index contributed by atoms with van der Waals surface area (Å²) in [6.07, 6.45) is -8.88. The molecule has 15 unspecified atom stereocenters. The van der Waals surface area contributed by atoms with E-state index < -0.39 is 197 Å². The van der Waals surface area contributed by atoms with Gasteiger partial charge in [-0.05, 0) is 147 Å². The van der Waals surface area contributed by atoms with Crippen molar-refractivity contribution < 1.29 is 117 Å². The highest BCUT2D eigenvalue weighted by Crippen LogP contribution is 2.37. The molecule has 15 atom stereocenters. The lowest BCUT2D eigenvalue weighted by Gasteiger charge is -2.45. The third-order valence-electron chi connectivity index (χ3n) is 19.0. The van der Waals surface area contributed by atoms with Gasteiger partial charge >= 0.3 is 0 Å². The van der Waals surface area contributed by atoms with E-state index in [0.29, 0.717) is 38.5 Å². The van der Waals surface area contributed by atoms with E-state index in [1.54, 1.807) is 0 Å². The lowest BCUT2D eigenvalue weighted by Crippen LogP contribution is -2.62. The van der Waals surface area contributed by atoms with E-state index in [-0.39, 0.29) is 97.4 Å². The maximum atomic E-state index is 13.8. The molecule has 0 aromatic rings. The van der Waals surface area contributed by atoms with Gasteiger partial charge in [-0.1, -0.05) is 0 Å². The van der Waals surface area contributed by atoms with Crippen LogP contribution in [0.2, 0.25) is 0 Å². The Kier molecular flexibility index (Phi) is 36.3. The zero-order chi connectivity index (χ0) is 76.6. The fraction of sp³-hybridized carbons (Fsp3) is 0.884. The molecule has 3 saturated carbocycles. The van der Waals surface area contributed by atoms with Crippen LogP contribution in [-0.2, 0) is 66.8 Å². The van der Waals surface area contributed by atoms with E-state index in [2.05, 4.69) is 37.2 Å². The van der Waals surface area contributed by atoms with Crippen LogP contribution in [0.1, 0.15) is 200 Å². The van der Waals surface area contributed by atoms with Gasteiger partial charge < -0.3 is 112 Å². The molecular weight excluding hydrogens is 1330 g/mol. The maximum Gasteiger partial charge on any atom is 0.247 e. The first-order chi connectivity index (χ1) is 46.7. The molecule has 3 aliphatic carbocycles. The number of nitrogens with one attached hydrogen (secondary N) is 8. The number of halogens is 1. The number of carbonyl (C=O) groups excluding carboxylic acids is 8. The Morgan fingerprint density at radius 2 is 0.634 bits per heavy atom. The molecule has 0 aromatic heterocycles. The Balaban J connectivity index is 1.80. The first kappa shape index (κ1) is 90.3. The summed E-state index contributed by atoms with van der Waals surface area (Å²) >= 11 is 0. The van der Waals surface area contributed by atoms with Crippen LogP contribution >= 0.6 is 0 Å². The number of amides is 8. The zero-order valence-electron chi connectivity index (χ0n) is 62.2. The Morgan fingerprint density at radius 3 is 0.881 bits per heavy atom. The molecule has 0 bridgehead atoms. The molecule has 586 valence electrons. The highest BCUT2D eigenvalue weighted by Gasteiger charge is 2.49. The molecule has 0 aromatic carbocycles. The fourth-order valence-electron chi connectivity index (χ4n) is 13.1. The van der Waals surface area contributed by atoms with Crippen molar-refractivity contribution in [2.24, 2.45) is 17.8 Å². The molecule has 0 aliphatic heterocycles. The van der Waals surface area contributed by atoms with Crippen LogP contribution in [0, 0.1) is 17.8 Å². The maximum absolute atomic E-state index is 13.8. The average molecular weight is 1450 g/mol. The minimum Gasteiger partial charge on any atom is -0.396 e. The van der Waals surface area contributed by atoms with Gasteiger partial charge in [0.05, 0.1) is 111 Å². The summed E-state index contributed by atoms with van der Waals surface area (Å²) in [6.45, 7) is 22.7. The first-order valence-electron chi connectivity index (χ1n) is 35.4. The number of aliphatic hydroxyl groups is 9. The van der Waals surface area contributed by atoms with Gasteiger partial charge in [0.1, 0.15) is 23.9 Å². The molecule has 8 amide bonds. The third kappa shape index (κ3) is 31.8. The van der Waals surface area contributed by atoms with Crippen LogP contribution in [0.5, 0.6) is 0 Å². The van der Waals surface area contributed by atoms with Crippen LogP contribution in [0.4, 0.5) is 4.48 Å². The molecule has 0 spiro atoms. The Bertz CT molecular complexity index is 2390. The van der Waals surface area contributed by atoms with Gasteiger partial charge in [0.15, 0.2) is 0 Å². The van der Waals surface area contributed by atoms with Crippen LogP contribution in [0.25, 0.3) is 0 Å². The molecule has 0 radical (unpaired) electrons. The van der Waals surface area contributed by atoms with Crippen molar-refractivity contribution in [2.45, 2.75) is 312 Å². The van der Waals surface area contributed by atoms with Crippen LogP contribution in [0.15, 0.2) is 0 Å². The van der Waals surface area contributed by atoms with Crippen molar-refractivity contribution >= 4 is 47.3 Å². The molecular formula is C69H125FN8O23. The van der Waals surface area contributed by atoms with E-state index in [4.69, 9.17) is 28.4 Å². The third-order valence-corrected chi connectivity index (χ3v) is 19.0. The van der Waals surface area contributed by atoms with Gasteiger partial charge in [-0.15, -0.1) is 4.48 Å². The van der Waals surface area contributed by atoms with E-state index in [1.807, 2.05) is 83.1 Å². The highest BCUT2D eigenvalue weighted by atomic mass is 19.2. The van der Waals surface area contributed by atoms with Gasteiger partial charge in [0.2, 0.25) is 47.3 Å². The number of aliphatic hydroxyl groups excluding tert-OH is 9. The normalized spacial score (nSPS) is 26.7. The Labute approximate surface area is 594 Å². The molecule has 31 nitrogen and oxygen atoms in total. The summed E-state index contributed by atoms with van der Waals surface area (Å²) in [5, 5.41) is 114. The second kappa shape index (κ2) is 40.5. The number of hydrogen-bond acceptors (Lipinski definition) is 23. The summed E-state index contributed by atoms with van der Waals surface area (Å²) in [5.74, 6) is -6.24. The zero-order valence-corrected chi connectivity index (χ0v) is 62.2. The molecule has 32 heteroatoms. The van der Waals surface area contributed by atoms with Gasteiger partial charge in [0, 0.05) is 107 Å². The quantitative estimate of drug-likeness (QED) is 0.0269. The molecule has 3 fully saturated rings. The summed E-state index contributed by atoms with van der Waals surface area (Å²) in [5.41, 5.74) is -5.68. The van der Waals surface area contributed by atoms with Crippen molar-refractivity contribution in [3.8, 4) is 0 Å². The predicted octanol–water partition coefficient (Wildman–Crippen LogP) is -0.535. The van der Waals surface area contributed by atoms with Gasteiger partial charge in [-0.25, -0.2) is 0 Å². The topological polar surface area (TPSA) is 470 Å². The fourth-order valence-corrected chi connectivity index (χ4v) is 13.1. The SMILES string of the molecule is CC(=O)NC1C(OC(C)(C)CCC(C)(C)NC(=O)CCOCC(COCCC(=O)NC(C)(C)CCC(C)(C)OC2CC(CO)C(O)C(O)C2NC(C)=O)(COCCC(=O)NC(C)(C)CCC(C)(C)OC2CC(CO)C(O)C(O)C2NC(C)=O)NC(=O)CCCC(=O)NF)CC(CO)C(O)C1O. The van der Waals surface area contributed by atoms with Gasteiger partial charge in [-0.3, -0.25) is 38.4 Å². The predicted molar refractivity (Wildman–Crippen MR) is 366 cm³/mol.